The van der Waals surface area contributed by atoms with Gasteiger partial charge < -0.3 is 5.32 Å². The number of hydrogen-bond acceptors (Lipinski definition) is 4. The molecule has 7 heteroatoms. The maximum absolute atomic E-state index is 11.4. The van der Waals surface area contributed by atoms with Crippen LogP contribution in [-0.4, -0.2) is 36.1 Å². The summed E-state index contributed by atoms with van der Waals surface area (Å²) >= 11 is 0. The van der Waals surface area contributed by atoms with Crippen molar-refractivity contribution < 1.29 is 13.2 Å². The molecule has 2 rings (SSSR count). The Morgan fingerprint density at radius 2 is 2.18 bits per heavy atom. The summed E-state index contributed by atoms with van der Waals surface area (Å²) in [4.78, 5) is 10.5. The molecule has 1 N–H and O–H groups in total. The fourth-order valence-corrected chi connectivity index (χ4v) is 3.95. The molecule has 94 valence electrons. The lowest BCUT2D eigenvalue weighted by molar-refractivity contribution is -0.105. The van der Waals surface area contributed by atoms with Crippen molar-refractivity contribution in [3.8, 4) is 0 Å². The van der Waals surface area contributed by atoms with E-state index in [4.69, 9.17) is 0 Å². The van der Waals surface area contributed by atoms with Crippen molar-refractivity contribution in [1.29, 1.82) is 0 Å². The number of rotatable bonds is 3. The molecule has 1 aliphatic rings. The third kappa shape index (κ3) is 2.19. The first-order valence-electron chi connectivity index (χ1n) is 5.41. The maximum Gasteiger partial charge on any atom is 0.211 e. The van der Waals surface area contributed by atoms with Gasteiger partial charge in [-0.2, -0.15) is 5.10 Å². The standard InChI is InChI=1S/C10H15N3O3S/c1-7-10(11-6-14)8(2)13(12-7)9-3-4-17(15,16)5-9/h6,9H,3-5H2,1-2H3,(H,11,14)/t9-/m1/s1. The maximum atomic E-state index is 11.4. The van der Waals surface area contributed by atoms with E-state index in [1.807, 2.05) is 6.92 Å². The van der Waals surface area contributed by atoms with Crippen LogP contribution in [0, 0.1) is 13.8 Å². The van der Waals surface area contributed by atoms with E-state index < -0.39 is 9.84 Å². The minimum Gasteiger partial charge on any atom is -0.326 e. The Morgan fingerprint density at radius 1 is 1.47 bits per heavy atom. The zero-order valence-corrected chi connectivity index (χ0v) is 10.6. The highest BCUT2D eigenvalue weighted by Gasteiger charge is 2.31. The van der Waals surface area contributed by atoms with Crippen LogP contribution in [0.15, 0.2) is 0 Å². The summed E-state index contributed by atoms with van der Waals surface area (Å²) in [6.45, 7) is 3.62. The van der Waals surface area contributed by atoms with Gasteiger partial charge in [-0.05, 0) is 20.3 Å². The number of nitrogens with zero attached hydrogens (tertiary/aromatic N) is 2. The highest BCUT2D eigenvalue weighted by atomic mass is 32.2. The number of anilines is 1. The molecule has 1 aliphatic heterocycles. The van der Waals surface area contributed by atoms with Crippen molar-refractivity contribution in [2.24, 2.45) is 0 Å². The second-order valence-electron chi connectivity index (χ2n) is 4.31. The Balaban J connectivity index is 2.34. The van der Waals surface area contributed by atoms with Gasteiger partial charge in [0.25, 0.3) is 0 Å². The van der Waals surface area contributed by atoms with Gasteiger partial charge in [-0.1, -0.05) is 0 Å². The Kier molecular flexibility index (Phi) is 2.94. The van der Waals surface area contributed by atoms with Crippen molar-refractivity contribution >= 4 is 21.9 Å². The van der Waals surface area contributed by atoms with Crippen LogP contribution in [0.5, 0.6) is 0 Å². The zero-order chi connectivity index (χ0) is 12.6. The third-order valence-corrected chi connectivity index (χ3v) is 4.83. The highest BCUT2D eigenvalue weighted by molar-refractivity contribution is 7.91. The fraction of sp³-hybridized carbons (Fsp3) is 0.600. The molecule has 1 saturated heterocycles. The molecular weight excluding hydrogens is 242 g/mol. The van der Waals surface area contributed by atoms with Crippen LogP contribution in [0.3, 0.4) is 0 Å². The smallest absolute Gasteiger partial charge is 0.211 e. The molecular formula is C10H15N3O3S. The Hall–Kier alpha value is -1.37. The van der Waals surface area contributed by atoms with E-state index in [1.54, 1.807) is 11.6 Å². The van der Waals surface area contributed by atoms with Gasteiger partial charge in [0, 0.05) is 0 Å². The van der Waals surface area contributed by atoms with E-state index in [0.717, 1.165) is 5.69 Å². The van der Waals surface area contributed by atoms with E-state index in [2.05, 4.69) is 10.4 Å². The molecule has 6 nitrogen and oxygen atoms in total. The average molecular weight is 257 g/mol. The molecule has 1 aromatic rings. The van der Waals surface area contributed by atoms with Crippen LogP contribution in [0.2, 0.25) is 0 Å². The van der Waals surface area contributed by atoms with Gasteiger partial charge in [0.15, 0.2) is 9.84 Å². The molecule has 1 fully saturated rings. The van der Waals surface area contributed by atoms with E-state index in [9.17, 15) is 13.2 Å². The van der Waals surface area contributed by atoms with Gasteiger partial charge in [0.1, 0.15) is 0 Å². The molecule has 1 atom stereocenters. The number of nitrogens with one attached hydrogen (secondary N) is 1. The van der Waals surface area contributed by atoms with Crippen LogP contribution in [0.4, 0.5) is 5.69 Å². The number of carbonyl (C=O) groups is 1. The van der Waals surface area contributed by atoms with Gasteiger partial charge in [0.05, 0.1) is 34.6 Å². The van der Waals surface area contributed by atoms with E-state index in [0.29, 0.717) is 24.2 Å². The third-order valence-electron chi connectivity index (χ3n) is 3.08. The molecule has 2 heterocycles. The van der Waals surface area contributed by atoms with Crippen LogP contribution < -0.4 is 5.32 Å². The first-order valence-corrected chi connectivity index (χ1v) is 7.23. The molecule has 17 heavy (non-hydrogen) atoms. The van der Waals surface area contributed by atoms with Crippen molar-refractivity contribution in [1.82, 2.24) is 9.78 Å². The summed E-state index contributed by atoms with van der Waals surface area (Å²) in [5.74, 6) is 0.349. The predicted octanol–water partition coefficient (Wildman–Crippen LogP) is 0.428. The largest absolute Gasteiger partial charge is 0.326 e. The summed E-state index contributed by atoms with van der Waals surface area (Å²) in [5.41, 5.74) is 2.18. The number of aromatic nitrogens is 2. The SMILES string of the molecule is Cc1nn([C@@H]2CCS(=O)(=O)C2)c(C)c1NC=O. The molecule has 1 aromatic heterocycles. The Morgan fingerprint density at radius 3 is 2.71 bits per heavy atom. The topological polar surface area (TPSA) is 81.1 Å². The zero-order valence-electron chi connectivity index (χ0n) is 9.80. The lowest BCUT2D eigenvalue weighted by Gasteiger charge is -2.11. The van der Waals surface area contributed by atoms with Crippen LogP contribution in [0.25, 0.3) is 0 Å². The van der Waals surface area contributed by atoms with Crippen LogP contribution in [-0.2, 0) is 14.6 Å². The minimum atomic E-state index is -2.93. The summed E-state index contributed by atoms with van der Waals surface area (Å²) in [6.07, 6.45) is 1.19. The highest BCUT2D eigenvalue weighted by Crippen LogP contribution is 2.28. The van der Waals surface area contributed by atoms with Gasteiger partial charge in [-0.3, -0.25) is 9.48 Å². The number of hydrogen-bond donors (Lipinski definition) is 1. The average Bonchev–Trinajstić information content (AvgIpc) is 2.73. The van der Waals surface area contributed by atoms with Crippen molar-refractivity contribution in [2.75, 3.05) is 16.8 Å². The number of amides is 1. The van der Waals surface area contributed by atoms with Gasteiger partial charge >= 0.3 is 0 Å². The van der Waals surface area contributed by atoms with Gasteiger partial charge in [-0.15, -0.1) is 0 Å². The molecule has 0 bridgehead atoms. The minimum absolute atomic E-state index is 0.110. The number of carbonyl (C=O) groups excluding carboxylic acids is 1. The fourth-order valence-electron chi connectivity index (χ4n) is 2.25. The van der Waals surface area contributed by atoms with E-state index >= 15 is 0 Å². The lowest BCUT2D eigenvalue weighted by Crippen LogP contribution is -2.14. The molecule has 1 amide bonds. The summed E-state index contributed by atoms with van der Waals surface area (Å²) in [5, 5.41) is 6.90. The quantitative estimate of drug-likeness (QED) is 0.796. The molecule has 0 radical (unpaired) electrons. The first kappa shape index (κ1) is 12.1. The molecule has 0 spiro atoms. The summed E-state index contributed by atoms with van der Waals surface area (Å²) in [6, 6.07) is -0.110. The second kappa shape index (κ2) is 4.14. The molecule has 0 aliphatic carbocycles. The van der Waals surface area contributed by atoms with E-state index in [-0.39, 0.29) is 17.5 Å². The van der Waals surface area contributed by atoms with Crippen LogP contribution in [0.1, 0.15) is 23.9 Å². The summed E-state index contributed by atoms with van der Waals surface area (Å²) < 4.78 is 24.6. The molecule has 0 saturated carbocycles. The van der Waals surface area contributed by atoms with Crippen molar-refractivity contribution in [3.05, 3.63) is 11.4 Å². The first-order chi connectivity index (χ1) is 7.94. The normalized spacial score (nSPS) is 22.6. The Labute approximate surface area is 99.9 Å². The van der Waals surface area contributed by atoms with Gasteiger partial charge in [-0.25, -0.2) is 8.42 Å². The number of aryl methyl sites for hydroxylation is 1. The molecule has 0 unspecified atom stereocenters. The van der Waals surface area contributed by atoms with Gasteiger partial charge in [0.2, 0.25) is 6.41 Å². The van der Waals surface area contributed by atoms with E-state index in [1.165, 1.54) is 0 Å². The van der Waals surface area contributed by atoms with Crippen molar-refractivity contribution in [2.45, 2.75) is 26.3 Å². The Bertz CT molecular complexity index is 547. The predicted molar refractivity (Wildman–Crippen MR) is 63.7 cm³/mol. The van der Waals surface area contributed by atoms with Crippen molar-refractivity contribution in [3.63, 3.8) is 0 Å². The monoisotopic (exact) mass is 257 g/mol. The summed E-state index contributed by atoms with van der Waals surface area (Å²) in [7, 11) is -2.93. The van der Waals surface area contributed by atoms with Crippen LogP contribution >= 0.6 is 0 Å². The second-order valence-corrected chi connectivity index (χ2v) is 6.54. The lowest BCUT2D eigenvalue weighted by atomic mass is 10.2. The molecule has 0 aromatic carbocycles. The number of sulfone groups is 1.